The van der Waals surface area contributed by atoms with Gasteiger partial charge in [0.05, 0.1) is 7.11 Å². The first-order chi connectivity index (χ1) is 10.3. The van der Waals surface area contributed by atoms with E-state index in [-0.39, 0.29) is 0 Å². The highest BCUT2D eigenvalue weighted by molar-refractivity contribution is 6.10. The molecule has 0 amide bonds. The van der Waals surface area contributed by atoms with E-state index in [1.807, 2.05) is 12.1 Å². The van der Waals surface area contributed by atoms with E-state index in [1.54, 1.807) is 7.11 Å². The fraction of sp³-hybridized carbons (Fsp3) is 0.500. The summed E-state index contributed by atoms with van der Waals surface area (Å²) in [5, 5.41) is 1.07. The van der Waals surface area contributed by atoms with E-state index in [0.717, 1.165) is 55.3 Å². The molecule has 3 heteroatoms. The van der Waals surface area contributed by atoms with Crippen LogP contribution in [0.5, 0.6) is 5.75 Å². The number of fused-ring (bicyclic) bond motifs is 3. The number of methoxy groups -OCH3 is 1. The van der Waals surface area contributed by atoms with Crippen molar-refractivity contribution in [1.82, 2.24) is 4.57 Å². The molecule has 0 radical (unpaired) electrons. The van der Waals surface area contributed by atoms with Gasteiger partial charge in [0, 0.05) is 35.1 Å². The molecule has 0 bridgehead atoms. The van der Waals surface area contributed by atoms with Crippen LogP contribution >= 0.6 is 0 Å². The topological polar surface area (TPSA) is 31.2 Å². The number of aromatic nitrogens is 1. The summed E-state index contributed by atoms with van der Waals surface area (Å²) in [4.78, 5) is 12.7. The molecule has 0 atom stereocenters. The van der Waals surface area contributed by atoms with Crippen LogP contribution in [0.25, 0.3) is 10.9 Å². The number of Topliss-reactive ketones (excluding diaryl/α,β-unsaturated/α-hetero) is 1. The van der Waals surface area contributed by atoms with Gasteiger partial charge >= 0.3 is 0 Å². The van der Waals surface area contributed by atoms with Gasteiger partial charge in [-0.05, 0) is 37.5 Å². The zero-order valence-electron chi connectivity index (χ0n) is 12.9. The number of aryl methyl sites for hydroxylation is 1. The van der Waals surface area contributed by atoms with Crippen molar-refractivity contribution in [1.29, 1.82) is 0 Å². The van der Waals surface area contributed by atoms with Crippen molar-refractivity contribution in [2.75, 3.05) is 7.11 Å². The van der Waals surface area contributed by atoms with Crippen LogP contribution in [0.3, 0.4) is 0 Å². The third-order valence-corrected chi connectivity index (χ3v) is 4.46. The molecule has 0 spiro atoms. The molecule has 0 N–H and O–H groups in total. The molecule has 3 rings (SSSR count). The molecular formula is C18H23NO2. The number of ketones is 1. The summed E-state index contributed by atoms with van der Waals surface area (Å²) in [7, 11) is 1.67. The van der Waals surface area contributed by atoms with Crippen molar-refractivity contribution in [3.05, 3.63) is 29.5 Å². The van der Waals surface area contributed by atoms with Gasteiger partial charge in [-0.3, -0.25) is 4.79 Å². The van der Waals surface area contributed by atoms with Crippen molar-refractivity contribution < 1.29 is 9.53 Å². The van der Waals surface area contributed by atoms with Gasteiger partial charge in [-0.2, -0.15) is 0 Å². The Bertz CT molecular complexity index is 669. The van der Waals surface area contributed by atoms with Gasteiger partial charge in [-0.1, -0.05) is 19.8 Å². The quantitative estimate of drug-likeness (QED) is 0.583. The standard InChI is InChI=1S/C18H23NO2/c1-3-4-5-8-17(20)18-14-12-13(21-2)9-10-15(14)19-11-6-7-16(18)19/h9-10,12H,3-8,11H2,1-2H3. The SMILES string of the molecule is CCCCCC(=O)c1c2n(c3ccc(OC)cc13)CCC2. The molecule has 0 saturated heterocycles. The summed E-state index contributed by atoms with van der Waals surface area (Å²) in [5.41, 5.74) is 3.37. The van der Waals surface area contributed by atoms with E-state index in [9.17, 15) is 4.79 Å². The molecule has 0 unspecified atom stereocenters. The second-order valence-electron chi connectivity index (χ2n) is 5.84. The predicted molar refractivity (Wildman–Crippen MR) is 85.3 cm³/mol. The van der Waals surface area contributed by atoms with Crippen molar-refractivity contribution in [2.24, 2.45) is 0 Å². The van der Waals surface area contributed by atoms with Crippen LogP contribution in [-0.4, -0.2) is 17.5 Å². The van der Waals surface area contributed by atoms with Crippen molar-refractivity contribution in [2.45, 2.75) is 52.0 Å². The van der Waals surface area contributed by atoms with Gasteiger partial charge in [0.2, 0.25) is 0 Å². The maximum atomic E-state index is 12.7. The number of rotatable bonds is 6. The lowest BCUT2D eigenvalue weighted by atomic mass is 10.00. The highest BCUT2D eigenvalue weighted by atomic mass is 16.5. The summed E-state index contributed by atoms with van der Waals surface area (Å²) in [6.07, 6.45) is 6.10. The molecular weight excluding hydrogens is 262 g/mol. The number of ether oxygens (including phenoxy) is 1. The Hall–Kier alpha value is -1.77. The Labute approximate surface area is 125 Å². The summed E-state index contributed by atoms with van der Waals surface area (Å²) < 4.78 is 7.66. The summed E-state index contributed by atoms with van der Waals surface area (Å²) in [5.74, 6) is 1.13. The molecule has 1 aliphatic heterocycles. The lowest BCUT2D eigenvalue weighted by Crippen LogP contribution is -2.02. The molecule has 1 aromatic carbocycles. The Morgan fingerprint density at radius 1 is 1.33 bits per heavy atom. The van der Waals surface area contributed by atoms with E-state index in [1.165, 1.54) is 11.2 Å². The molecule has 1 aliphatic rings. The lowest BCUT2D eigenvalue weighted by molar-refractivity contribution is 0.0980. The van der Waals surface area contributed by atoms with Gasteiger partial charge in [-0.25, -0.2) is 0 Å². The van der Waals surface area contributed by atoms with Gasteiger partial charge in [0.15, 0.2) is 5.78 Å². The van der Waals surface area contributed by atoms with E-state index in [2.05, 4.69) is 17.6 Å². The second kappa shape index (κ2) is 5.92. The molecule has 2 aromatic rings. The van der Waals surface area contributed by atoms with E-state index in [4.69, 9.17) is 4.74 Å². The summed E-state index contributed by atoms with van der Waals surface area (Å²) in [6.45, 7) is 3.20. The molecule has 1 aromatic heterocycles. The van der Waals surface area contributed by atoms with Gasteiger partial charge in [0.1, 0.15) is 5.75 Å². The number of carbonyl (C=O) groups is 1. The maximum absolute atomic E-state index is 12.7. The van der Waals surface area contributed by atoms with E-state index < -0.39 is 0 Å². The van der Waals surface area contributed by atoms with Crippen LogP contribution < -0.4 is 4.74 Å². The molecule has 0 aliphatic carbocycles. The Morgan fingerprint density at radius 3 is 2.95 bits per heavy atom. The molecule has 0 saturated carbocycles. The van der Waals surface area contributed by atoms with Gasteiger partial charge in [0.25, 0.3) is 0 Å². The number of carbonyl (C=O) groups excluding carboxylic acids is 1. The van der Waals surface area contributed by atoms with Gasteiger partial charge < -0.3 is 9.30 Å². The minimum atomic E-state index is 0.303. The van der Waals surface area contributed by atoms with E-state index in [0.29, 0.717) is 12.2 Å². The normalized spacial score (nSPS) is 13.6. The van der Waals surface area contributed by atoms with Crippen LogP contribution in [0.15, 0.2) is 18.2 Å². The number of nitrogens with zero attached hydrogens (tertiary/aromatic N) is 1. The average molecular weight is 285 g/mol. The van der Waals surface area contributed by atoms with Crippen LogP contribution in [0.2, 0.25) is 0 Å². The zero-order chi connectivity index (χ0) is 14.8. The minimum Gasteiger partial charge on any atom is -0.497 e. The molecule has 0 fully saturated rings. The van der Waals surface area contributed by atoms with Crippen LogP contribution in [0, 0.1) is 0 Å². The second-order valence-corrected chi connectivity index (χ2v) is 5.84. The number of hydrogen-bond acceptors (Lipinski definition) is 2. The number of hydrogen-bond donors (Lipinski definition) is 0. The van der Waals surface area contributed by atoms with Crippen molar-refractivity contribution in [3.63, 3.8) is 0 Å². The predicted octanol–water partition coefficient (Wildman–Crippen LogP) is 4.36. The van der Waals surface area contributed by atoms with Crippen LogP contribution in [0.1, 0.15) is 55.1 Å². The van der Waals surface area contributed by atoms with Gasteiger partial charge in [-0.15, -0.1) is 0 Å². The van der Waals surface area contributed by atoms with E-state index >= 15 is 0 Å². The first-order valence-electron chi connectivity index (χ1n) is 7.98. The lowest BCUT2D eigenvalue weighted by Gasteiger charge is -2.04. The number of benzene rings is 1. The van der Waals surface area contributed by atoms with Crippen LogP contribution in [0.4, 0.5) is 0 Å². The third kappa shape index (κ3) is 2.45. The Balaban J connectivity index is 2.05. The molecule has 2 heterocycles. The monoisotopic (exact) mass is 285 g/mol. The highest BCUT2D eigenvalue weighted by Crippen LogP contribution is 2.34. The zero-order valence-corrected chi connectivity index (χ0v) is 12.9. The first kappa shape index (κ1) is 14.2. The number of unbranched alkanes of at least 4 members (excludes halogenated alkanes) is 2. The third-order valence-electron chi connectivity index (χ3n) is 4.46. The Morgan fingerprint density at radius 2 is 2.19 bits per heavy atom. The minimum absolute atomic E-state index is 0.303. The fourth-order valence-corrected chi connectivity index (χ4v) is 3.41. The maximum Gasteiger partial charge on any atom is 0.165 e. The first-order valence-corrected chi connectivity index (χ1v) is 7.98. The largest absolute Gasteiger partial charge is 0.497 e. The summed E-state index contributed by atoms with van der Waals surface area (Å²) in [6, 6.07) is 6.10. The molecule has 3 nitrogen and oxygen atoms in total. The molecule has 21 heavy (non-hydrogen) atoms. The Kier molecular flexibility index (Phi) is 4.00. The average Bonchev–Trinajstić information content (AvgIpc) is 3.06. The fourth-order valence-electron chi connectivity index (χ4n) is 3.41. The highest BCUT2D eigenvalue weighted by Gasteiger charge is 2.25. The molecule has 112 valence electrons. The van der Waals surface area contributed by atoms with Crippen LogP contribution in [-0.2, 0) is 13.0 Å². The van der Waals surface area contributed by atoms with Crippen molar-refractivity contribution >= 4 is 16.7 Å². The summed E-state index contributed by atoms with van der Waals surface area (Å²) >= 11 is 0. The smallest absolute Gasteiger partial charge is 0.165 e. The van der Waals surface area contributed by atoms with Crippen molar-refractivity contribution in [3.8, 4) is 5.75 Å².